The highest BCUT2D eigenvalue weighted by Crippen LogP contribution is 2.05. The van der Waals surface area contributed by atoms with Gasteiger partial charge in [0.2, 0.25) is 0 Å². The molecule has 1 aromatic rings. The van der Waals surface area contributed by atoms with Gasteiger partial charge in [-0.05, 0) is 12.0 Å². The fourth-order valence-electron chi connectivity index (χ4n) is 0.677. The Balaban J connectivity index is 3.04. The minimum absolute atomic E-state index is 0.533. The van der Waals surface area contributed by atoms with E-state index >= 15 is 0 Å². The quantitative estimate of drug-likeness (QED) is 0.419. The maximum Gasteiger partial charge on any atom is 0.185 e. The molecule has 0 atom stereocenters. The van der Waals surface area contributed by atoms with Crippen LogP contribution in [0.25, 0.3) is 0 Å². The molecule has 0 radical (unpaired) electrons. The van der Waals surface area contributed by atoms with Gasteiger partial charge in [0.25, 0.3) is 0 Å². The van der Waals surface area contributed by atoms with Crippen LogP contribution in [0.5, 0.6) is 0 Å². The van der Waals surface area contributed by atoms with Gasteiger partial charge >= 0.3 is 0 Å². The van der Waals surface area contributed by atoms with Gasteiger partial charge < -0.3 is 4.42 Å². The van der Waals surface area contributed by atoms with Gasteiger partial charge in [0, 0.05) is 18.8 Å². The van der Waals surface area contributed by atoms with Crippen LogP contribution >= 0.6 is 0 Å². The lowest BCUT2D eigenvalue weighted by atomic mass is 10.3. The van der Waals surface area contributed by atoms with E-state index in [1.165, 1.54) is 0 Å². The minimum atomic E-state index is 0.533. The van der Waals surface area contributed by atoms with E-state index in [2.05, 4.69) is 10.9 Å². The van der Waals surface area contributed by atoms with Crippen LogP contribution < -0.4 is 0 Å². The van der Waals surface area contributed by atoms with Crippen molar-refractivity contribution in [1.29, 1.82) is 0 Å². The normalized spacial score (nSPS) is 10.0. The average molecular weight is 133 g/mol. The maximum absolute atomic E-state index is 5.12. The van der Waals surface area contributed by atoms with Gasteiger partial charge in [0.1, 0.15) is 0 Å². The molecule has 0 bridgehead atoms. The van der Waals surface area contributed by atoms with E-state index in [1.54, 1.807) is 25.6 Å². The van der Waals surface area contributed by atoms with Crippen LogP contribution in [0.4, 0.5) is 0 Å². The van der Waals surface area contributed by atoms with Gasteiger partial charge in [0.15, 0.2) is 5.76 Å². The molecule has 2 nitrogen and oxygen atoms in total. The first kappa shape index (κ1) is 6.63. The Morgan fingerprint density at radius 2 is 2.60 bits per heavy atom. The molecular formula is C8H7NO. The van der Waals surface area contributed by atoms with Crippen LogP contribution in [-0.4, -0.2) is 13.3 Å². The molecule has 0 unspecified atom stereocenters. The third kappa shape index (κ3) is 1.08. The fraction of sp³-hybridized carbons (Fsp3) is 0.125. The number of terminal acetylenes is 1. The van der Waals surface area contributed by atoms with Gasteiger partial charge in [-0.25, -0.2) is 0 Å². The standard InChI is InChI=1S/C8H7NO/c1-3-8-7(6-9-2)4-5-10-8/h1,4-6H,2H3. The molecule has 10 heavy (non-hydrogen) atoms. The van der Waals surface area contributed by atoms with Crippen molar-refractivity contribution in [3.63, 3.8) is 0 Å². The van der Waals surface area contributed by atoms with Crippen LogP contribution in [0.1, 0.15) is 11.3 Å². The third-order valence-electron chi connectivity index (χ3n) is 1.09. The van der Waals surface area contributed by atoms with Gasteiger partial charge in [0.05, 0.1) is 6.26 Å². The molecule has 2 heteroatoms. The average Bonchev–Trinajstić information content (AvgIpc) is 2.36. The largest absolute Gasteiger partial charge is 0.455 e. The highest BCUT2D eigenvalue weighted by molar-refractivity contribution is 5.82. The molecule has 1 heterocycles. The Labute approximate surface area is 59.6 Å². The van der Waals surface area contributed by atoms with Crippen molar-refractivity contribution < 1.29 is 4.42 Å². The molecule has 50 valence electrons. The van der Waals surface area contributed by atoms with Gasteiger partial charge in [-0.1, -0.05) is 0 Å². The Hall–Kier alpha value is -1.49. The first-order valence-electron chi connectivity index (χ1n) is 2.84. The summed E-state index contributed by atoms with van der Waals surface area (Å²) in [5.74, 6) is 2.94. The highest BCUT2D eigenvalue weighted by Gasteiger charge is 1.97. The zero-order chi connectivity index (χ0) is 7.40. The van der Waals surface area contributed by atoms with Crippen LogP contribution in [0.15, 0.2) is 21.7 Å². The molecule has 0 N–H and O–H groups in total. The van der Waals surface area contributed by atoms with Crippen LogP contribution in [0.3, 0.4) is 0 Å². The zero-order valence-corrected chi connectivity index (χ0v) is 5.66. The predicted octanol–water partition coefficient (Wildman–Crippen LogP) is 1.31. The second-order valence-electron chi connectivity index (χ2n) is 1.74. The molecule has 0 amide bonds. The molecule has 0 spiro atoms. The van der Waals surface area contributed by atoms with E-state index in [0.29, 0.717) is 5.76 Å². The molecule has 0 saturated carbocycles. The summed E-state index contributed by atoms with van der Waals surface area (Å²) in [7, 11) is 1.69. The van der Waals surface area contributed by atoms with Gasteiger partial charge in [-0.15, -0.1) is 6.42 Å². The van der Waals surface area contributed by atoms with Crippen molar-refractivity contribution in [2.75, 3.05) is 7.05 Å². The van der Waals surface area contributed by atoms with E-state index < -0.39 is 0 Å². The summed E-state index contributed by atoms with van der Waals surface area (Å²) in [5, 5.41) is 0. The van der Waals surface area contributed by atoms with Crippen molar-refractivity contribution in [2.45, 2.75) is 0 Å². The summed E-state index contributed by atoms with van der Waals surface area (Å²) >= 11 is 0. The Kier molecular flexibility index (Phi) is 1.91. The predicted molar refractivity (Wildman–Crippen MR) is 40.2 cm³/mol. The maximum atomic E-state index is 5.12. The highest BCUT2D eigenvalue weighted by atomic mass is 16.3. The van der Waals surface area contributed by atoms with Crippen molar-refractivity contribution in [2.24, 2.45) is 4.99 Å². The van der Waals surface area contributed by atoms with E-state index in [0.717, 1.165) is 5.56 Å². The van der Waals surface area contributed by atoms with E-state index in [9.17, 15) is 0 Å². The number of aliphatic imine (C=N–C) groups is 1. The summed E-state index contributed by atoms with van der Waals surface area (Å²) in [5.41, 5.74) is 0.852. The number of hydrogen-bond acceptors (Lipinski definition) is 2. The van der Waals surface area contributed by atoms with Gasteiger partial charge in [-0.3, -0.25) is 4.99 Å². The SMILES string of the molecule is C#Cc1occc1C=NC. The Morgan fingerprint density at radius 1 is 1.80 bits per heavy atom. The summed E-state index contributed by atoms with van der Waals surface area (Å²) in [6.45, 7) is 0. The summed E-state index contributed by atoms with van der Waals surface area (Å²) < 4.78 is 4.94. The topological polar surface area (TPSA) is 25.5 Å². The summed E-state index contributed by atoms with van der Waals surface area (Å²) in [4.78, 5) is 3.81. The van der Waals surface area contributed by atoms with Crippen LogP contribution in [0, 0.1) is 12.3 Å². The molecule has 0 aliphatic heterocycles. The molecule has 0 aliphatic carbocycles. The smallest absolute Gasteiger partial charge is 0.185 e. The fourth-order valence-corrected chi connectivity index (χ4v) is 0.677. The number of furan rings is 1. The lowest BCUT2D eigenvalue weighted by molar-refractivity contribution is 0.554. The Morgan fingerprint density at radius 3 is 3.20 bits per heavy atom. The number of nitrogens with zero attached hydrogens (tertiary/aromatic N) is 1. The first-order valence-corrected chi connectivity index (χ1v) is 2.84. The van der Waals surface area contributed by atoms with Gasteiger partial charge in [-0.2, -0.15) is 0 Å². The van der Waals surface area contributed by atoms with Crippen molar-refractivity contribution in [3.05, 3.63) is 23.7 Å². The molecule has 1 rings (SSSR count). The summed E-state index contributed by atoms with van der Waals surface area (Å²) in [6.07, 6.45) is 8.33. The zero-order valence-electron chi connectivity index (χ0n) is 5.66. The third-order valence-corrected chi connectivity index (χ3v) is 1.09. The van der Waals surface area contributed by atoms with E-state index in [-0.39, 0.29) is 0 Å². The first-order chi connectivity index (χ1) is 4.88. The molecular weight excluding hydrogens is 126 g/mol. The van der Waals surface area contributed by atoms with Crippen molar-refractivity contribution >= 4 is 6.21 Å². The number of rotatable bonds is 1. The molecule has 0 saturated heterocycles. The molecule has 1 aromatic heterocycles. The van der Waals surface area contributed by atoms with Crippen molar-refractivity contribution in [1.82, 2.24) is 0 Å². The number of hydrogen-bond donors (Lipinski definition) is 0. The second-order valence-corrected chi connectivity index (χ2v) is 1.74. The molecule has 0 aliphatic rings. The summed E-state index contributed by atoms with van der Waals surface area (Å²) in [6, 6.07) is 1.78. The van der Waals surface area contributed by atoms with E-state index in [1.807, 2.05) is 0 Å². The minimum Gasteiger partial charge on any atom is -0.455 e. The van der Waals surface area contributed by atoms with Crippen molar-refractivity contribution in [3.8, 4) is 12.3 Å². The van der Waals surface area contributed by atoms with Crippen LogP contribution in [-0.2, 0) is 0 Å². The second kappa shape index (κ2) is 2.88. The molecule has 0 fully saturated rings. The monoisotopic (exact) mass is 133 g/mol. The lowest BCUT2D eigenvalue weighted by Gasteiger charge is -1.82. The van der Waals surface area contributed by atoms with Crippen LogP contribution in [0.2, 0.25) is 0 Å². The molecule has 0 aromatic carbocycles. The lowest BCUT2D eigenvalue weighted by Crippen LogP contribution is -1.79. The van der Waals surface area contributed by atoms with E-state index in [4.69, 9.17) is 10.8 Å². The Bertz CT molecular complexity index is 278.